The second-order valence-electron chi connectivity index (χ2n) is 6.78. The van der Waals surface area contributed by atoms with Gasteiger partial charge in [-0.1, -0.05) is 38.1 Å². The topological polar surface area (TPSA) is 41.3 Å². The Balaban J connectivity index is 2.07. The van der Waals surface area contributed by atoms with Gasteiger partial charge in [0.2, 0.25) is 0 Å². The highest BCUT2D eigenvalue weighted by atomic mass is 15.1. The van der Waals surface area contributed by atoms with Crippen LogP contribution in [0.25, 0.3) is 0 Å². The van der Waals surface area contributed by atoms with Crippen LogP contribution in [0.2, 0.25) is 0 Å². The van der Waals surface area contributed by atoms with Gasteiger partial charge in [-0.2, -0.15) is 0 Å². The van der Waals surface area contributed by atoms with Crippen LogP contribution in [0.1, 0.15) is 49.9 Å². The van der Waals surface area contributed by atoms with Crippen LogP contribution >= 0.6 is 0 Å². The average molecular weight is 275 g/mol. The second-order valence-corrected chi connectivity index (χ2v) is 6.78. The number of hydrogen-bond acceptors (Lipinski definition) is 3. The summed E-state index contributed by atoms with van der Waals surface area (Å²) in [5, 5.41) is 3.84. The molecule has 0 saturated carbocycles. The first kappa shape index (κ1) is 15.5. The number of nitrogens with two attached hydrogens (primary N) is 1. The van der Waals surface area contributed by atoms with Crippen LogP contribution in [0.3, 0.4) is 0 Å². The van der Waals surface area contributed by atoms with Gasteiger partial charge in [0.15, 0.2) is 0 Å². The first-order valence-electron chi connectivity index (χ1n) is 7.72. The van der Waals surface area contributed by atoms with Crippen molar-refractivity contribution >= 4 is 0 Å². The van der Waals surface area contributed by atoms with Crippen molar-refractivity contribution in [1.82, 2.24) is 10.2 Å². The lowest BCUT2D eigenvalue weighted by Crippen LogP contribution is -2.40. The zero-order valence-corrected chi connectivity index (χ0v) is 13.3. The van der Waals surface area contributed by atoms with Crippen molar-refractivity contribution in [1.29, 1.82) is 0 Å². The number of fused-ring (bicyclic) bond motifs is 1. The van der Waals surface area contributed by atoms with E-state index < -0.39 is 0 Å². The molecule has 0 radical (unpaired) electrons. The van der Waals surface area contributed by atoms with Crippen molar-refractivity contribution in [3.8, 4) is 0 Å². The third-order valence-electron chi connectivity index (χ3n) is 4.04. The smallest absolute Gasteiger partial charge is 0.0344 e. The van der Waals surface area contributed by atoms with Crippen molar-refractivity contribution < 1.29 is 0 Å². The molecular formula is C17H29N3. The van der Waals surface area contributed by atoms with Crippen LogP contribution in [-0.4, -0.2) is 31.6 Å². The molecule has 3 unspecified atom stereocenters. The van der Waals surface area contributed by atoms with Gasteiger partial charge in [0, 0.05) is 24.7 Å². The van der Waals surface area contributed by atoms with Crippen LogP contribution < -0.4 is 11.1 Å². The normalized spacial score (nSPS) is 23.4. The Morgan fingerprint density at radius 1 is 1.25 bits per heavy atom. The summed E-state index contributed by atoms with van der Waals surface area (Å²) in [4.78, 5) is 2.26. The van der Waals surface area contributed by atoms with E-state index in [0.29, 0.717) is 18.0 Å². The molecule has 0 bridgehead atoms. The van der Waals surface area contributed by atoms with Gasteiger partial charge in [-0.05, 0) is 44.0 Å². The Hall–Kier alpha value is -0.900. The van der Waals surface area contributed by atoms with E-state index in [1.807, 2.05) is 0 Å². The van der Waals surface area contributed by atoms with Crippen molar-refractivity contribution in [2.45, 2.75) is 44.8 Å². The number of rotatable bonds is 6. The number of hydrogen-bond donors (Lipinski definition) is 2. The minimum atomic E-state index is 0.183. The Labute approximate surface area is 123 Å². The van der Waals surface area contributed by atoms with Gasteiger partial charge in [-0.25, -0.2) is 0 Å². The fourth-order valence-corrected chi connectivity index (χ4v) is 3.32. The van der Waals surface area contributed by atoms with Gasteiger partial charge in [0.25, 0.3) is 0 Å². The van der Waals surface area contributed by atoms with E-state index >= 15 is 0 Å². The SMILES string of the molecule is CC(C)CC(CN(C)C)NC1CC(N)c2ccccc21. The summed E-state index contributed by atoms with van der Waals surface area (Å²) in [6.07, 6.45) is 2.22. The molecule has 1 aromatic carbocycles. The van der Waals surface area contributed by atoms with Gasteiger partial charge in [-0.3, -0.25) is 0 Å². The van der Waals surface area contributed by atoms with E-state index in [1.165, 1.54) is 17.5 Å². The Bertz CT molecular complexity index is 418. The summed E-state index contributed by atoms with van der Waals surface area (Å²) in [6.45, 7) is 5.66. The van der Waals surface area contributed by atoms with Crippen molar-refractivity contribution in [3.63, 3.8) is 0 Å². The number of benzene rings is 1. The molecule has 0 saturated heterocycles. The minimum absolute atomic E-state index is 0.183. The molecule has 3 heteroatoms. The summed E-state index contributed by atoms with van der Waals surface area (Å²) in [7, 11) is 4.28. The molecule has 0 aliphatic heterocycles. The van der Waals surface area contributed by atoms with Gasteiger partial charge < -0.3 is 16.0 Å². The molecule has 0 fully saturated rings. The fraction of sp³-hybridized carbons (Fsp3) is 0.647. The highest BCUT2D eigenvalue weighted by Crippen LogP contribution is 2.37. The molecule has 3 N–H and O–H groups in total. The summed E-state index contributed by atoms with van der Waals surface area (Å²) in [6, 6.07) is 9.72. The van der Waals surface area contributed by atoms with E-state index in [-0.39, 0.29) is 6.04 Å². The maximum absolute atomic E-state index is 6.26. The minimum Gasteiger partial charge on any atom is -0.324 e. The second kappa shape index (κ2) is 6.70. The summed E-state index contributed by atoms with van der Waals surface area (Å²) < 4.78 is 0. The van der Waals surface area contributed by atoms with Gasteiger partial charge in [0.1, 0.15) is 0 Å². The van der Waals surface area contributed by atoms with Crippen LogP contribution in [-0.2, 0) is 0 Å². The molecule has 0 spiro atoms. The first-order chi connectivity index (χ1) is 9.47. The predicted molar refractivity (Wildman–Crippen MR) is 85.7 cm³/mol. The molecule has 1 aromatic rings. The van der Waals surface area contributed by atoms with Crippen LogP contribution in [0.15, 0.2) is 24.3 Å². The molecule has 20 heavy (non-hydrogen) atoms. The molecule has 1 aliphatic rings. The number of likely N-dealkylation sites (N-methyl/N-ethyl adjacent to an activating group) is 1. The van der Waals surface area contributed by atoms with Crippen LogP contribution in [0, 0.1) is 5.92 Å². The summed E-state index contributed by atoms with van der Waals surface area (Å²) in [5.41, 5.74) is 8.98. The summed E-state index contributed by atoms with van der Waals surface area (Å²) >= 11 is 0. The largest absolute Gasteiger partial charge is 0.324 e. The fourth-order valence-electron chi connectivity index (χ4n) is 3.32. The molecule has 1 aliphatic carbocycles. The molecule has 112 valence electrons. The van der Waals surface area contributed by atoms with Gasteiger partial charge in [-0.15, -0.1) is 0 Å². The molecule has 2 rings (SSSR count). The zero-order chi connectivity index (χ0) is 14.7. The lowest BCUT2D eigenvalue weighted by atomic mass is 10.0. The maximum Gasteiger partial charge on any atom is 0.0344 e. The Morgan fingerprint density at radius 2 is 1.90 bits per heavy atom. The van der Waals surface area contributed by atoms with E-state index in [0.717, 1.165) is 13.0 Å². The highest BCUT2D eigenvalue weighted by Gasteiger charge is 2.29. The summed E-state index contributed by atoms with van der Waals surface area (Å²) in [5.74, 6) is 0.706. The van der Waals surface area contributed by atoms with E-state index in [1.54, 1.807) is 0 Å². The molecular weight excluding hydrogens is 246 g/mol. The monoisotopic (exact) mass is 275 g/mol. The van der Waals surface area contributed by atoms with Gasteiger partial charge in [0.05, 0.1) is 0 Å². The predicted octanol–water partition coefficient (Wildman–Crippen LogP) is 2.70. The molecule has 3 atom stereocenters. The van der Waals surface area contributed by atoms with E-state index in [2.05, 4.69) is 62.4 Å². The molecule has 0 aromatic heterocycles. The third-order valence-corrected chi connectivity index (χ3v) is 4.04. The lowest BCUT2D eigenvalue weighted by molar-refractivity contribution is 0.283. The molecule has 3 nitrogen and oxygen atoms in total. The molecule has 0 amide bonds. The number of nitrogens with one attached hydrogen (secondary N) is 1. The standard InChI is InChI=1S/C17H29N3/c1-12(2)9-13(11-20(3)4)19-17-10-16(18)14-7-5-6-8-15(14)17/h5-8,12-13,16-17,19H,9-11,18H2,1-4H3. The third kappa shape index (κ3) is 3.81. The highest BCUT2D eigenvalue weighted by molar-refractivity contribution is 5.37. The quantitative estimate of drug-likeness (QED) is 0.839. The molecule has 0 heterocycles. The Kier molecular flexibility index (Phi) is 5.19. The van der Waals surface area contributed by atoms with Crippen molar-refractivity contribution in [2.75, 3.05) is 20.6 Å². The number of nitrogens with zero attached hydrogens (tertiary/aromatic N) is 1. The van der Waals surface area contributed by atoms with E-state index in [9.17, 15) is 0 Å². The van der Waals surface area contributed by atoms with Crippen LogP contribution in [0.4, 0.5) is 0 Å². The average Bonchev–Trinajstić information content (AvgIpc) is 2.65. The first-order valence-corrected chi connectivity index (χ1v) is 7.72. The Morgan fingerprint density at radius 3 is 2.50 bits per heavy atom. The van der Waals surface area contributed by atoms with E-state index in [4.69, 9.17) is 5.73 Å². The lowest BCUT2D eigenvalue weighted by Gasteiger charge is -2.27. The zero-order valence-electron chi connectivity index (χ0n) is 13.3. The van der Waals surface area contributed by atoms with Gasteiger partial charge >= 0.3 is 0 Å². The van der Waals surface area contributed by atoms with Crippen molar-refractivity contribution in [2.24, 2.45) is 11.7 Å². The maximum atomic E-state index is 6.26. The van der Waals surface area contributed by atoms with Crippen molar-refractivity contribution in [3.05, 3.63) is 35.4 Å². The van der Waals surface area contributed by atoms with Crippen LogP contribution in [0.5, 0.6) is 0 Å².